The highest BCUT2D eigenvalue weighted by atomic mass is 16.5. The third kappa shape index (κ3) is 2.01. The Hall–Kier alpha value is -0.610. The summed E-state index contributed by atoms with van der Waals surface area (Å²) in [4.78, 5) is 11.5. The van der Waals surface area contributed by atoms with Gasteiger partial charge in [-0.05, 0) is 44.7 Å². The Morgan fingerprint density at radius 3 is 2.40 bits per heavy atom. The van der Waals surface area contributed by atoms with Crippen LogP contribution in [0.2, 0.25) is 0 Å². The smallest absolute Gasteiger partial charge is 0.310 e. The van der Waals surface area contributed by atoms with Gasteiger partial charge in [0.2, 0.25) is 0 Å². The average molecular weight is 213 g/mol. The molecule has 0 unspecified atom stereocenters. The maximum atomic E-state index is 11.5. The van der Waals surface area contributed by atoms with Gasteiger partial charge >= 0.3 is 5.97 Å². The van der Waals surface area contributed by atoms with Crippen molar-refractivity contribution in [2.24, 2.45) is 11.3 Å². The summed E-state index contributed by atoms with van der Waals surface area (Å²) in [6.45, 7) is 3.13. The first-order chi connectivity index (χ1) is 7.26. The van der Waals surface area contributed by atoms with Gasteiger partial charge in [-0.2, -0.15) is 0 Å². The lowest BCUT2D eigenvalue weighted by molar-refractivity contribution is -0.157. The molecule has 0 amide bonds. The number of carbonyl (C=O) groups is 1. The van der Waals surface area contributed by atoms with Gasteiger partial charge in [-0.25, -0.2) is 0 Å². The minimum atomic E-state index is -0.601. The van der Waals surface area contributed by atoms with Gasteiger partial charge in [0.15, 0.2) is 0 Å². The number of aliphatic carboxylic acids is 1. The van der Waals surface area contributed by atoms with E-state index in [0.29, 0.717) is 5.92 Å². The van der Waals surface area contributed by atoms with Crippen LogP contribution in [0, 0.1) is 11.3 Å². The van der Waals surface area contributed by atoms with Crippen LogP contribution in [-0.2, 0) is 9.53 Å². The Morgan fingerprint density at radius 1 is 1.27 bits per heavy atom. The molecule has 0 aromatic heterocycles. The van der Waals surface area contributed by atoms with Gasteiger partial charge in [0.05, 0.1) is 5.41 Å². The first kappa shape index (κ1) is 10.9. The Morgan fingerprint density at radius 2 is 1.87 bits per heavy atom. The molecule has 2 saturated heterocycles. The van der Waals surface area contributed by atoms with Gasteiger partial charge in [0.1, 0.15) is 0 Å². The van der Waals surface area contributed by atoms with E-state index in [2.05, 4.69) is 5.32 Å². The standard InChI is InChI=1S/C11H19NO3/c13-10(14)11(3-5-12-6-4-11)9-1-7-15-8-2-9/h9,12H,1-8H2,(H,13,14). The van der Waals surface area contributed by atoms with Crippen LogP contribution in [-0.4, -0.2) is 37.4 Å². The van der Waals surface area contributed by atoms with E-state index in [4.69, 9.17) is 4.74 Å². The molecule has 15 heavy (non-hydrogen) atoms. The average Bonchev–Trinajstić information content (AvgIpc) is 2.31. The van der Waals surface area contributed by atoms with Gasteiger partial charge in [0, 0.05) is 13.2 Å². The molecule has 0 aromatic rings. The van der Waals surface area contributed by atoms with Gasteiger partial charge in [0.25, 0.3) is 0 Å². The fourth-order valence-corrected chi connectivity index (χ4v) is 2.92. The van der Waals surface area contributed by atoms with Crippen LogP contribution in [0.25, 0.3) is 0 Å². The summed E-state index contributed by atoms with van der Waals surface area (Å²) in [6.07, 6.45) is 3.36. The first-order valence-corrected chi connectivity index (χ1v) is 5.77. The minimum absolute atomic E-state index is 0.311. The van der Waals surface area contributed by atoms with Crippen molar-refractivity contribution in [1.29, 1.82) is 0 Å². The molecule has 0 aromatic carbocycles. The zero-order chi connectivity index (χ0) is 10.7. The van der Waals surface area contributed by atoms with Crippen molar-refractivity contribution in [3.63, 3.8) is 0 Å². The van der Waals surface area contributed by atoms with Crippen molar-refractivity contribution in [3.8, 4) is 0 Å². The van der Waals surface area contributed by atoms with Gasteiger partial charge in [-0.15, -0.1) is 0 Å². The molecule has 2 heterocycles. The van der Waals surface area contributed by atoms with Crippen LogP contribution in [0.5, 0.6) is 0 Å². The number of piperidine rings is 1. The van der Waals surface area contributed by atoms with E-state index < -0.39 is 11.4 Å². The molecule has 4 heteroatoms. The molecular weight excluding hydrogens is 194 g/mol. The molecule has 2 aliphatic heterocycles. The number of rotatable bonds is 2. The topological polar surface area (TPSA) is 58.6 Å². The summed E-state index contributed by atoms with van der Waals surface area (Å²) in [7, 11) is 0. The molecule has 0 bridgehead atoms. The van der Waals surface area contributed by atoms with Gasteiger partial charge in [-0.1, -0.05) is 0 Å². The van der Waals surface area contributed by atoms with Gasteiger partial charge < -0.3 is 15.2 Å². The number of nitrogens with one attached hydrogen (secondary N) is 1. The second-order valence-electron chi connectivity index (χ2n) is 4.60. The Kier molecular flexibility index (Phi) is 3.26. The van der Waals surface area contributed by atoms with Crippen molar-refractivity contribution >= 4 is 5.97 Å². The van der Waals surface area contributed by atoms with Crippen LogP contribution in [0.1, 0.15) is 25.7 Å². The van der Waals surface area contributed by atoms with Crippen molar-refractivity contribution in [3.05, 3.63) is 0 Å². The van der Waals surface area contributed by atoms with Crippen molar-refractivity contribution in [2.45, 2.75) is 25.7 Å². The summed E-state index contributed by atoms with van der Waals surface area (Å²) in [5.41, 5.74) is -0.477. The Labute approximate surface area is 90.0 Å². The fraction of sp³-hybridized carbons (Fsp3) is 0.909. The highest BCUT2D eigenvalue weighted by molar-refractivity contribution is 5.75. The van der Waals surface area contributed by atoms with E-state index in [1.165, 1.54) is 0 Å². The number of carboxylic acid groups (broad SMARTS) is 1. The predicted octanol–water partition coefficient (Wildman–Crippen LogP) is 0.867. The van der Waals surface area contributed by atoms with Crippen LogP contribution in [0.15, 0.2) is 0 Å². The number of hydrogen-bond donors (Lipinski definition) is 2. The third-order valence-electron chi connectivity index (χ3n) is 3.92. The van der Waals surface area contributed by atoms with Crippen molar-refractivity contribution in [2.75, 3.05) is 26.3 Å². The van der Waals surface area contributed by atoms with Crippen LogP contribution < -0.4 is 5.32 Å². The molecule has 2 rings (SSSR count). The largest absolute Gasteiger partial charge is 0.481 e. The molecule has 4 nitrogen and oxygen atoms in total. The Balaban J connectivity index is 2.12. The maximum Gasteiger partial charge on any atom is 0.310 e. The van der Waals surface area contributed by atoms with Crippen molar-refractivity contribution in [1.82, 2.24) is 5.32 Å². The van der Waals surface area contributed by atoms with E-state index >= 15 is 0 Å². The Bertz CT molecular complexity index is 230. The molecule has 0 aliphatic carbocycles. The van der Waals surface area contributed by atoms with Gasteiger partial charge in [-0.3, -0.25) is 4.79 Å². The van der Waals surface area contributed by atoms with E-state index in [1.807, 2.05) is 0 Å². The number of hydrogen-bond acceptors (Lipinski definition) is 3. The summed E-state index contributed by atoms with van der Waals surface area (Å²) >= 11 is 0. The number of ether oxygens (including phenoxy) is 1. The lowest BCUT2D eigenvalue weighted by atomic mass is 9.66. The molecule has 86 valence electrons. The van der Waals surface area contributed by atoms with E-state index in [0.717, 1.165) is 52.0 Å². The van der Waals surface area contributed by atoms with E-state index in [9.17, 15) is 9.90 Å². The molecule has 0 spiro atoms. The summed E-state index contributed by atoms with van der Waals surface area (Å²) in [5.74, 6) is -0.290. The lowest BCUT2D eigenvalue weighted by Gasteiger charge is -2.42. The molecule has 2 fully saturated rings. The molecule has 0 atom stereocenters. The summed E-state index contributed by atoms with van der Waals surface area (Å²) < 4.78 is 5.31. The van der Waals surface area contributed by atoms with Crippen LogP contribution in [0.3, 0.4) is 0 Å². The molecular formula is C11H19NO3. The second kappa shape index (κ2) is 4.49. The quantitative estimate of drug-likeness (QED) is 0.714. The van der Waals surface area contributed by atoms with Crippen LogP contribution in [0.4, 0.5) is 0 Å². The zero-order valence-corrected chi connectivity index (χ0v) is 9.00. The minimum Gasteiger partial charge on any atom is -0.481 e. The van der Waals surface area contributed by atoms with Crippen molar-refractivity contribution < 1.29 is 14.6 Å². The lowest BCUT2D eigenvalue weighted by Crippen LogP contribution is -2.48. The van der Waals surface area contributed by atoms with Crippen LogP contribution >= 0.6 is 0 Å². The first-order valence-electron chi connectivity index (χ1n) is 5.77. The molecule has 2 aliphatic rings. The normalized spacial score (nSPS) is 27.5. The summed E-state index contributed by atoms with van der Waals surface area (Å²) in [5, 5.41) is 12.7. The fourth-order valence-electron chi connectivity index (χ4n) is 2.92. The predicted molar refractivity (Wildman–Crippen MR) is 55.7 cm³/mol. The molecule has 0 radical (unpaired) electrons. The highest BCUT2D eigenvalue weighted by Crippen LogP contribution is 2.42. The second-order valence-corrected chi connectivity index (χ2v) is 4.60. The SMILES string of the molecule is O=C(O)C1(C2CCOCC2)CCNCC1. The van der Waals surface area contributed by atoms with E-state index in [1.54, 1.807) is 0 Å². The third-order valence-corrected chi connectivity index (χ3v) is 3.92. The maximum absolute atomic E-state index is 11.5. The van der Waals surface area contributed by atoms with E-state index in [-0.39, 0.29) is 0 Å². The number of carboxylic acids is 1. The molecule has 2 N–H and O–H groups in total. The molecule has 0 saturated carbocycles. The summed E-state index contributed by atoms with van der Waals surface area (Å²) in [6, 6.07) is 0. The zero-order valence-electron chi connectivity index (χ0n) is 9.00. The monoisotopic (exact) mass is 213 g/mol. The highest BCUT2D eigenvalue weighted by Gasteiger charge is 2.46.